The predicted molar refractivity (Wildman–Crippen MR) is 99.4 cm³/mol. The average Bonchev–Trinajstić information content (AvgIpc) is 3.13. The number of carbonyl (C=O) groups excluding carboxylic acids is 1. The SMILES string of the molecule is COc1ccc(C(=O)C2CCN(c3nn4c(=O)ccnc4s3)CC2)cc1. The van der Waals surface area contributed by atoms with Crippen LogP contribution in [-0.4, -0.2) is 40.6 Å². The number of benzene rings is 1. The van der Waals surface area contributed by atoms with Gasteiger partial charge in [0.25, 0.3) is 5.56 Å². The number of aromatic nitrogens is 3. The molecule has 0 saturated carbocycles. The molecular weight excluding hydrogens is 352 g/mol. The maximum atomic E-state index is 12.7. The number of anilines is 1. The Hall–Kier alpha value is -2.74. The van der Waals surface area contributed by atoms with Gasteiger partial charge >= 0.3 is 0 Å². The van der Waals surface area contributed by atoms with Crippen molar-refractivity contribution in [2.45, 2.75) is 12.8 Å². The van der Waals surface area contributed by atoms with Gasteiger partial charge in [-0.1, -0.05) is 11.3 Å². The van der Waals surface area contributed by atoms with Gasteiger partial charge in [0.2, 0.25) is 10.1 Å². The molecule has 0 unspecified atom stereocenters. The van der Waals surface area contributed by atoms with Gasteiger partial charge in [-0.25, -0.2) is 4.98 Å². The van der Waals surface area contributed by atoms with Gasteiger partial charge in [0.1, 0.15) is 5.75 Å². The third-order valence-corrected chi connectivity index (χ3v) is 5.65. The summed E-state index contributed by atoms with van der Waals surface area (Å²) in [6, 6.07) is 8.66. The van der Waals surface area contributed by atoms with Crippen molar-refractivity contribution in [2.75, 3.05) is 25.1 Å². The smallest absolute Gasteiger partial charge is 0.275 e. The maximum Gasteiger partial charge on any atom is 0.275 e. The van der Waals surface area contributed by atoms with E-state index < -0.39 is 0 Å². The van der Waals surface area contributed by atoms with Crippen LogP contribution in [0.1, 0.15) is 23.2 Å². The van der Waals surface area contributed by atoms with E-state index in [1.807, 2.05) is 24.3 Å². The summed E-state index contributed by atoms with van der Waals surface area (Å²) in [6.45, 7) is 1.47. The number of fused-ring (bicyclic) bond motifs is 1. The van der Waals surface area contributed by atoms with Gasteiger partial charge < -0.3 is 9.64 Å². The Labute approximate surface area is 153 Å². The second-order valence-electron chi connectivity index (χ2n) is 6.22. The Balaban J connectivity index is 1.45. The lowest BCUT2D eigenvalue weighted by Crippen LogP contribution is -2.36. The van der Waals surface area contributed by atoms with Gasteiger partial charge in [-0.15, -0.1) is 5.10 Å². The summed E-state index contributed by atoms with van der Waals surface area (Å²) in [4.78, 5) is 31.4. The Morgan fingerprint density at radius 3 is 2.58 bits per heavy atom. The molecule has 26 heavy (non-hydrogen) atoms. The molecule has 134 valence electrons. The third-order valence-electron chi connectivity index (χ3n) is 4.67. The molecule has 1 aromatic carbocycles. The molecular formula is C18H18N4O3S. The summed E-state index contributed by atoms with van der Waals surface area (Å²) in [7, 11) is 1.61. The first-order valence-electron chi connectivity index (χ1n) is 8.44. The van der Waals surface area contributed by atoms with Gasteiger partial charge in [0.05, 0.1) is 7.11 Å². The zero-order chi connectivity index (χ0) is 18.1. The van der Waals surface area contributed by atoms with Crippen LogP contribution in [0.4, 0.5) is 5.13 Å². The highest BCUT2D eigenvalue weighted by Gasteiger charge is 2.27. The van der Waals surface area contributed by atoms with Crippen molar-refractivity contribution >= 4 is 27.2 Å². The maximum absolute atomic E-state index is 12.7. The largest absolute Gasteiger partial charge is 0.497 e. The molecule has 1 aliphatic heterocycles. The highest BCUT2D eigenvalue weighted by Crippen LogP contribution is 2.28. The summed E-state index contributed by atoms with van der Waals surface area (Å²) < 4.78 is 6.47. The van der Waals surface area contributed by atoms with E-state index in [1.54, 1.807) is 7.11 Å². The second kappa shape index (κ2) is 6.87. The number of carbonyl (C=O) groups is 1. The fourth-order valence-corrected chi connectivity index (χ4v) is 4.11. The lowest BCUT2D eigenvalue weighted by molar-refractivity contribution is 0.0900. The van der Waals surface area contributed by atoms with Crippen LogP contribution in [0.5, 0.6) is 5.75 Å². The molecule has 0 atom stereocenters. The van der Waals surface area contributed by atoms with E-state index in [0.717, 1.165) is 42.4 Å². The van der Waals surface area contributed by atoms with Crippen molar-refractivity contribution in [3.05, 3.63) is 52.4 Å². The Morgan fingerprint density at radius 2 is 1.92 bits per heavy atom. The first-order chi connectivity index (χ1) is 12.7. The first kappa shape index (κ1) is 16.7. The lowest BCUT2D eigenvalue weighted by atomic mass is 9.89. The van der Waals surface area contributed by atoms with E-state index in [2.05, 4.69) is 15.0 Å². The number of ketones is 1. The molecule has 0 amide bonds. The summed E-state index contributed by atoms with van der Waals surface area (Å²) in [5, 5.41) is 5.14. The second-order valence-corrected chi connectivity index (χ2v) is 7.15. The van der Waals surface area contributed by atoms with Gasteiger partial charge in [0.15, 0.2) is 5.78 Å². The zero-order valence-electron chi connectivity index (χ0n) is 14.3. The van der Waals surface area contributed by atoms with Crippen molar-refractivity contribution in [3.8, 4) is 5.75 Å². The average molecular weight is 370 g/mol. The van der Waals surface area contributed by atoms with Crippen LogP contribution in [-0.2, 0) is 0 Å². The molecule has 1 fully saturated rings. The van der Waals surface area contributed by atoms with E-state index in [-0.39, 0.29) is 17.3 Å². The fourth-order valence-electron chi connectivity index (χ4n) is 3.19. The molecule has 0 spiro atoms. The highest BCUT2D eigenvalue weighted by molar-refractivity contribution is 7.20. The van der Waals surface area contributed by atoms with Crippen LogP contribution in [0, 0.1) is 5.92 Å². The minimum Gasteiger partial charge on any atom is -0.497 e. The van der Waals surface area contributed by atoms with Gasteiger partial charge in [-0.3, -0.25) is 9.59 Å². The molecule has 8 heteroatoms. The number of hydrogen-bond acceptors (Lipinski definition) is 7. The topological polar surface area (TPSA) is 76.8 Å². The number of nitrogens with zero attached hydrogens (tertiary/aromatic N) is 4. The number of Topliss-reactive ketones (excluding diaryl/α,β-unsaturated/α-hetero) is 1. The van der Waals surface area contributed by atoms with Crippen LogP contribution >= 0.6 is 11.3 Å². The number of rotatable bonds is 4. The number of ether oxygens (including phenoxy) is 1. The quantitative estimate of drug-likeness (QED) is 0.656. The molecule has 1 saturated heterocycles. The third kappa shape index (κ3) is 3.08. The monoisotopic (exact) mass is 370 g/mol. The van der Waals surface area contributed by atoms with Crippen LogP contribution < -0.4 is 15.2 Å². The molecule has 2 aromatic heterocycles. The molecule has 0 radical (unpaired) electrons. The Morgan fingerprint density at radius 1 is 1.19 bits per heavy atom. The Kier molecular flexibility index (Phi) is 4.42. The summed E-state index contributed by atoms with van der Waals surface area (Å²) in [5.41, 5.74) is 0.544. The normalized spacial score (nSPS) is 15.3. The van der Waals surface area contributed by atoms with Crippen LogP contribution in [0.15, 0.2) is 41.3 Å². The van der Waals surface area contributed by atoms with Crippen molar-refractivity contribution < 1.29 is 9.53 Å². The van der Waals surface area contributed by atoms with Gasteiger partial charge in [-0.2, -0.15) is 4.52 Å². The molecule has 0 aliphatic carbocycles. The standard InChI is InChI=1S/C18H18N4O3S/c1-25-14-4-2-12(3-5-14)16(24)13-7-10-21(11-8-13)18-20-22-15(23)6-9-19-17(22)26-18/h2-6,9,13H,7-8,10-11H2,1H3. The molecule has 1 aliphatic rings. The highest BCUT2D eigenvalue weighted by atomic mass is 32.1. The fraction of sp³-hybridized carbons (Fsp3) is 0.333. The van der Waals surface area contributed by atoms with E-state index in [1.165, 1.54) is 28.1 Å². The molecule has 7 nitrogen and oxygen atoms in total. The minimum atomic E-state index is -0.179. The summed E-state index contributed by atoms with van der Waals surface area (Å²) in [6.07, 6.45) is 3.03. The van der Waals surface area contributed by atoms with Gasteiger partial charge in [0, 0.05) is 36.8 Å². The molecule has 0 N–H and O–H groups in total. The number of methoxy groups -OCH3 is 1. The number of piperidine rings is 1. The zero-order valence-corrected chi connectivity index (χ0v) is 15.1. The molecule has 3 heterocycles. The minimum absolute atomic E-state index is 0.00914. The first-order valence-corrected chi connectivity index (χ1v) is 9.25. The molecule has 4 rings (SSSR count). The van der Waals surface area contributed by atoms with Crippen LogP contribution in [0.3, 0.4) is 0 Å². The molecule has 0 bridgehead atoms. The van der Waals surface area contributed by atoms with Crippen molar-refractivity contribution in [1.82, 2.24) is 14.6 Å². The molecule has 3 aromatic rings. The van der Waals surface area contributed by atoms with Crippen molar-refractivity contribution in [1.29, 1.82) is 0 Å². The number of hydrogen-bond donors (Lipinski definition) is 0. The predicted octanol–water partition coefficient (Wildman–Crippen LogP) is 2.26. The van der Waals surface area contributed by atoms with E-state index >= 15 is 0 Å². The van der Waals surface area contributed by atoms with Crippen LogP contribution in [0.2, 0.25) is 0 Å². The van der Waals surface area contributed by atoms with Crippen LogP contribution in [0.25, 0.3) is 4.96 Å². The van der Waals surface area contributed by atoms with E-state index in [0.29, 0.717) is 4.96 Å². The summed E-state index contributed by atoms with van der Waals surface area (Å²) >= 11 is 1.40. The van der Waals surface area contributed by atoms with E-state index in [9.17, 15) is 9.59 Å². The lowest BCUT2D eigenvalue weighted by Gasteiger charge is -2.30. The Bertz CT molecular complexity index is 988. The summed E-state index contributed by atoms with van der Waals surface area (Å²) in [5.74, 6) is 0.931. The van der Waals surface area contributed by atoms with E-state index in [4.69, 9.17) is 4.74 Å². The van der Waals surface area contributed by atoms with Crippen molar-refractivity contribution in [2.24, 2.45) is 5.92 Å². The van der Waals surface area contributed by atoms with Crippen molar-refractivity contribution in [3.63, 3.8) is 0 Å². The van der Waals surface area contributed by atoms with Gasteiger partial charge in [-0.05, 0) is 37.1 Å².